The molecule has 1 aromatic carbocycles. The molecule has 0 fully saturated rings. The highest BCUT2D eigenvalue weighted by Crippen LogP contribution is 2.24. The number of halogens is 1. The Kier molecular flexibility index (Phi) is 6.81. The lowest BCUT2D eigenvalue weighted by Crippen LogP contribution is -2.31. The minimum Gasteiger partial charge on any atom is -0.496 e. The van der Waals surface area contributed by atoms with Crippen LogP contribution < -0.4 is 10.1 Å². The molecule has 2 rings (SSSR count). The second-order valence-electron chi connectivity index (χ2n) is 5.22. The number of nitrogens with one attached hydrogen (secondary N) is 1. The zero-order chi connectivity index (χ0) is 17.5. The van der Waals surface area contributed by atoms with Crippen LogP contribution in [0.15, 0.2) is 39.5 Å². The average molecular weight is 411 g/mol. The van der Waals surface area contributed by atoms with Gasteiger partial charge >= 0.3 is 0 Å². The quantitative estimate of drug-likeness (QED) is 0.761. The van der Waals surface area contributed by atoms with Gasteiger partial charge in [0.15, 0.2) is 0 Å². The van der Waals surface area contributed by atoms with Gasteiger partial charge in [-0.1, -0.05) is 15.9 Å². The number of hydrogen-bond acceptors (Lipinski definition) is 4. The standard InChI is InChI=1S/C17H19BrN2O3S/c1-20(10-13-9-14(18)3-4-15(13)23-2)16(21)5-7-19-17(22)12-6-8-24-11-12/h3-4,6,8-9,11H,5,7,10H2,1-2H3,(H,19,22). The molecule has 0 saturated heterocycles. The van der Waals surface area contributed by atoms with Gasteiger partial charge in [0.25, 0.3) is 5.91 Å². The summed E-state index contributed by atoms with van der Waals surface area (Å²) in [5, 5.41) is 6.38. The largest absolute Gasteiger partial charge is 0.496 e. The first kappa shape index (κ1) is 18.5. The van der Waals surface area contributed by atoms with Gasteiger partial charge in [-0.2, -0.15) is 11.3 Å². The summed E-state index contributed by atoms with van der Waals surface area (Å²) in [7, 11) is 3.35. The molecule has 7 heteroatoms. The molecule has 1 heterocycles. The van der Waals surface area contributed by atoms with Crippen molar-refractivity contribution in [3.05, 3.63) is 50.6 Å². The lowest BCUT2D eigenvalue weighted by atomic mass is 10.2. The van der Waals surface area contributed by atoms with Crippen molar-refractivity contribution in [2.24, 2.45) is 0 Å². The van der Waals surface area contributed by atoms with Crippen LogP contribution in [-0.4, -0.2) is 37.4 Å². The number of rotatable bonds is 7. The zero-order valence-corrected chi connectivity index (χ0v) is 15.9. The third-order valence-corrected chi connectivity index (χ3v) is 4.66. The molecule has 128 valence electrons. The molecule has 2 amide bonds. The number of methoxy groups -OCH3 is 1. The first-order valence-corrected chi connectivity index (χ1v) is 9.11. The number of ether oxygens (including phenoxy) is 1. The maximum atomic E-state index is 12.2. The Morgan fingerprint density at radius 2 is 2.12 bits per heavy atom. The summed E-state index contributed by atoms with van der Waals surface area (Å²) in [6.07, 6.45) is 0.253. The van der Waals surface area contributed by atoms with E-state index in [1.807, 2.05) is 23.6 Å². The second-order valence-corrected chi connectivity index (χ2v) is 6.92. The number of hydrogen-bond donors (Lipinski definition) is 1. The summed E-state index contributed by atoms with van der Waals surface area (Å²) >= 11 is 4.89. The van der Waals surface area contributed by atoms with Crippen LogP contribution in [0, 0.1) is 0 Å². The number of carbonyl (C=O) groups is 2. The minimum atomic E-state index is -0.152. The lowest BCUT2D eigenvalue weighted by Gasteiger charge is -2.19. The molecule has 0 atom stereocenters. The second kappa shape index (κ2) is 8.84. The van der Waals surface area contributed by atoms with Crippen LogP contribution in [-0.2, 0) is 11.3 Å². The fraction of sp³-hybridized carbons (Fsp3) is 0.294. The van der Waals surface area contributed by atoms with Gasteiger partial charge in [-0.25, -0.2) is 0 Å². The van der Waals surface area contributed by atoms with Crippen LogP contribution in [0.25, 0.3) is 0 Å². The van der Waals surface area contributed by atoms with Crippen molar-refractivity contribution in [3.8, 4) is 5.75 Å². The minimum absolute atomic E-state index is 0.0392. The fourth-order valence-electron chi connectivity index (χ4n) is 2.18. The van der Waals surface area contributed by atoms with Crippen LogP contribution >= 0.6 is 27.3 Å². The molecule has 0 aliphatic heterocycles. The number of thiophene rings is 1. The van der Waals surface area contributed by atoms with Gasteiger partial charge in [-0.3, -0.25) is 9.59 Å². The molecule has 1 aromatic heterocycles. The SMILES string of the molecule is COc1ccc(Br)cc1CN(C)C(=O)CCNC(=O)c1ccsc1. The van der Waals surface area contributed by atoms with Gasteiger partial charge in [0, 0.05) is 47.5 Å². The van der Waals surface area contributed by atoms with E-state index in [0.29, 0.717) is 18.7 Å². The fourth-order valence-corrected chi connectivity index (χ4v) is 3.23. The van der Waals surface area contributed by atoms with E-state index in [2.05, 4.69) is 21.2 Å². The van der Waals surface area contributed by atoms with Gasteiger partial charge in [0.05, 0.1) is 7.11 Å². The zero-order valence-electron chi connectivity index (χ0n) is 13.5. The molecule has 5 nitrogen and oxygen atoms in total. The van der Waals surface area contributed by atoms with E-state index >= 15 is 0 Å². The molecule has 0 unspecified atom stereocenters. The summed E-state index contributed by atoms with van der Waals surface area (Å²) in [5.41, 5.74) is 1.55. The number of nitrogens with zero attached hydrogens (tertiary/aromatic N) is 1. The Morgan fingerprint density at radius 1 is 1.33 bits per heavy atom. The Hall–Kier alpha value is -1.86. The molecule has 1 N–H and O–H groups in total. The molecular formula is C17H19BrN2O3S. The Balaban J connectivity index is 1.84. The van der Waals surface area contributed by atoms with Gasteiger partial charge in [-0.15, -0.1) is 0 Å². The van der Waals surface area contributed by atoms with E-state index in [1.165, 1.54) is 11.3 Å². The predicted octanol–water partition coefficient (Wildman–Crippen LogP) is 3.30. The number of benzene rings is 1. The van der Waals surface area contributed by atoms with Crippen molar-refractivity contribution < 1.29 is 14.3 Å². The van der Waals surface area contributed by atoms with Gasteiger partial charge in [0.1, 0.15) is 5.75 Å². The highest BCUT2D eigenvalue weighted by molar-refractivity contribution is 9.10. The van der Waals surface area contributed by atoms with Crippen molar-refractivity contribution in [2.45, 2.75) is 13.0 Å². The molecule has 2 aromatic rings. The molecule has 0 bridgehead atoms. The van der Waals surface area contributed by atoms with E-state index in [9.17, 15) is 9.59 Å². The van der Waals surface area contributed by atoms with Gasteiger partial charge < -0.3 is 15.0 Å². The van der Waals surface area contributed by atoms with Crippen LogP contribution in [0.1, 0.15) is 22.3 Å². The average Bonchev–Trinajstić information content (AvgIpc) is 3.09. The van der Waals surface area contributed by atoms with Crippen LogP contribution in [0.5, 0.6) is 5.75 Å². The van der Waals surface area contributed by atoms with Crippen molar-refractivity contribution in [1.29, 1.82) is 0 Å². The highest BCUT2D eigenvalue weighted by atomic mass is 79.9. The number of carbonyl (C=O) groups excluding carboxylic acids is 2. The van der Waals surface area contributed by atoms with E-state index in [4.69, 9.17) is 4.74 Å². The van der Waals surface area contributed by atoms with Crippen LogP contribution in [0.3, 0.4) is 0 Å². The Bertz CT molecular complexity index is 704. The molecule has 0 spiro atoms. The van der Waals surface area contributed by atoms with Gasteiger partial charge in [-0.05, 0) is 29.6 Å². The van der Waals surface area contributed by atoms with Crippen molar-refractivity contribution in [3.63, 3.8) is 0 Å². The summed E-state index contributed by atoms with van der Waals surface area (Å²) in [6.45, 7) is 0.757. The molecule has 0 aliphatic carbocycles. The molecular weight excluding hydrogens is 392 g/mol. The van der Waals surface area contributed by atoms with E-state index in [-0.39, 0.29) is 18.2 Å². The third-order valence-electron chi connectivity index (χ3n) is 3.48. The highest BCUT2D eigenvalue weighted by Gasteiger charge is 2.13. The predicted molar refractivity (Wildman–Crippen MR) is 98.4 cm³/mol. The maximum absolute atomic E-state index is 12.2. The third kappa shape index (κ3) is 5.07. The Labute approximate surface area is 153 Å². The van der Waals surface area contributed by atoms with Crippen LogP contribution in [0.4, 0.5) is 0 Å². The molecule has 0 aliphatic rings. The molecule has 24 heavy (non-hydrogen) atoms. The number of amides is 2. The molecule has 0 radical (unpaired) electrons. The first-order chi connectivity index (χ1) is 11.5. The summed E-state index contributed by atoms with van der Waals surface area (Å²) < 4.78 is 6.25. The maximum Gasteiger partial charge on any atom is 0.252 e. The first-order valence-electron chi connectivity index (χ1n) is 7.38. The summed E-state index contributed by atoms with van der Waals surface area (Å²) in [5.74, 6) is 0.548. The van der Waals surface area contributed by atoms with E-state index < -0.39 is 0 Å². The smallest absolute Gasteiger partial charge is 0.252 e. The van der Waals surface area contributed by atoms with Crippen molar-refractivity contribution in [1.82, 2.24) is 10.2 Å². The monoisotopic (exact) mass is 410 g/mol. The van der Waals surface area contributed by atoms with Gasteiger partial charge in [0.2, 0.25) is 5.91 Å². The Morgan fingerprint density at radius 3 is 2.79 bits per heavy atom. The topological polar surface area (TPSA) is 58.6 Å². The van der Waals surface area contributed by atoms with Crippen molar-refractivity contribution >= 4 is 39.1 Å². The van der Waals surface area contributed by atoms with Crippen molar-refractivity contribution in [2.75, 3.05) is 20.7 Å². The normalized spacial score (nSPS) is 10.3. The lowest BCUT2D eigenvalue weighted by molar-refractivity contribution is -0.130. The van der Waals surface area contributed by atoms with E-state index in [0.717, 1.165) is 15.8 Å². The van der Waals surface area contributed by atoms with Crippen LogP contribution in [0.2, 0.25) is 0 Å². The summed E-state index contributed by atoms with van der Waals surface area (Å²) in [4.78, 5) is 25.7. The van der Waals surface area contributed by atoms with E-state index in [1.54, 1.807) is 30.5 Å². The summed E-state index contributed by atoms with van der Waals surface area (Å²) in [6, 6.07) is 7.44. The molecule has 0 saturated carbocycles.